The first kappa shape index (κ1) is 22.7. The van der Waals surface area contributed by atoms with Gasteiger partial charge in [-0.25, -0.2) is 4.79 Å². The Hall–Kier alpha value is -3.46. The van der Waals surface area contributed by atoms with Crippen molar-refractivity contribution < 1.29 is 22.7 Å². The van der Waals surface area contributed by atoms with Crippen LogP contribution in [0.25, 0.3) is 0 Å². The molecule has 3 aromatic rings. The van der Waals surface area contributed by atoms with E-state index in [1.54, 1.807) is 48.5 Å². The van der Waals surface area contributed by atoms with E-state index < -0.39 is 18.8 Å². The molecule has 0 saturated carbocycles. The fourth-order valence-electron chi connectivity index (χ4n) is 3.17. The van der Waals surface area contributed by atoms with E-state index in [1.165, 1.54) is 9.80 Å². The molecule has 1 heterocycles. The number of alkyl halides is 3. The van der Waals surface area contributed by atoms with Gasteiger partial charge in [-0.05, 0) is 42.0 Å². The summed E-state index contributed by atoms with van der Waals surface area (Å²) in [6.45, 7) is -1.26. The molecule has 1 saturated heterocycles. The summed E-state index contributed by atoms with van der Waals surface area (Å²) in [4.78, 5) is 19.7. The fraction of sp³-hybridized carbons (Fsp3) is 0.167. The molecule has 0 aliphatic carbocycles. The first-order chi connectivity index (χ1) is 15.9. The smallest absolute Gasteiger partial charge is 0.408 e. The second kappa shape index (κ2) is 9.99. The highest BCUT2D eigenvalue weighted by atomic mass is 32.2. The number of aliphatic imine (C=N–C) groups is 1. The number of hydrogen-bond acceptors (Lipinski definition) is 4. The normalized spacial score (nSPS) is 15.7. The maximum Gasteiger partial charge on any atom is 0.408 e. The van der Waals surface area contributed by atoms with Crippen LogP contribution in [0.5, 0.6) is 11.5 Å². The number of benzene rings is 3. The molecule has 0 atom stereocenters. The number of para-hydroxylation sites is 2. The van der Waals surface area contributed by atoms with E-state index in [1.807, 2.05) is 36.4 Å². The molecule has 0 aromatic heterocycles. The Kier molecular flexibility index (Phi) is 6.88. The average molecular weight is 472 g/mol. The molecule has 170 valence electrons. The largest absolute Gasteiger partial charge is 0.457 e. The van der Waals surface area contributed by atoms with Crippen LogP contribution in [0.3, 0.4) is 0 Å². The van der Waals surface area contributed by atoms with Crippen molar-refractivity contribution in [1.29, 1.82) is 0 Å². The minimum Gasteiger partial charge on any atom is -0.457 e. The van der Waals surface area contributed by atoms with E-state index >= 15 is 0 Å². The third kappa shape index (κ3) is 6.07. The molecule has 0 bridgehead atoms. The molecule has 33 heavy (non-hydrogen) atoms. The van der Waals surface area contributed by atoms with E-state index in [-0.39, 0.29) is 17.6 Å². The first-order valence-electron chi connectivity index (χ1n) is 10.1. The summed E-state index contributed by atoms with van der Waals surface area (Å²) >= 11 is 1.10. The summed E-state index contributed by atoms with van der Waals surface area (Å²) in [5, 5.41) is 0.0501. The summed E-state index contributed by atoms with van der Waals surface area (Å²) in [5.74, 6) is 1.48. The highest BCUT2D eigenvalue weighted by Crippen LogP contribution is 2.29. The van der Waals surface area contributed by atoms with Crippen molar-refractivity contribution in [2.24, 2.45) is 4.99 Å². The van der Waals surface area contributed by atoms with Crippen molar-refractivity contribution >= 4 is 28.6 Å². The second-order valence-corrected chi connectivity index (χ2v) is 8.09. The molecule has 1 aliphatic heterocycles. The lowest BCUT2D eigenvalue weighted by Gasteiger charge is -2.36. The lowest BCUT2D eigenvalue weighted by molar-refractivity contribution is -0.118. The lowest BCUT2D eigenvalue weighted by Crippen LogP contribution is -2.50. The minimum absolute atomic E-state index is 0.0501. The highest BCUT2D eigenvalue weighted by Gasteiger charge is 2.34. The number of anilines is 1. The van der Waals surface area contributed by atoms with Gasteiger partial charge in [-0.15, -0.1) is 0 Å². The SMILES string of the molecule is O=C1N(Cc2ccc(Oc3ccccc3)cc2)C(=NCC(F)(F)F)SCN1c1ccccc1. The summed E-state index contributed by atoms with van der Waals surface area (Å²) < 4.78 is 44.1. The maximum atomic E-state index is 13.2. The van der Waals surface area contributed by atoms with Crippen LogP contribution in [0.4, 0.5) is 23.7 Å². The number of rotatable bonds is 6. The van der Waals surface area contributed by atoms with Crippen LogP contribution in [0.15, 0.2) is 89.9 Å². The van der Waals surface area contributed by atoms with Gasteiger partial charge in [0.25, 0.3) is 0 Å². The molecule has 9 heteroatoms. The van der Waals surface area contributed by atoms with Crippen LogP contribution in [-0.2, 0) is 6.54 Å². The lowest BCUT2D eigenvalue weighted by atomic mass is 10.2. The van der Waals surface area contributed by atoms with E-state index in [9.17, 15) is 18.0 Å². The van der Waals surface area contributed by atoms with Crippen LogP contribution in [-0.4, -0.2) is 34.7 Å². The molecule has 0 spiro atoms. The number of halogens is 3. The Morgan fingerprint density at radius 1 is 0.879 bits per heavy atom. The zero-order chi connectivity index (χ0) is 23.3. The Balaban J connectivity index is 1.54. The number of nitrogens with zero attached hydrogens (tertiary/aromatic N) is 3. The quantitative estimate of drug-likeness (QED) is 0.411. The molecular weight excluding hydrogens is 451 g/mol. The van der Waals surface area contributed by atoms with Gasteiger partial charge in [-0.1, -0.05) is 60.3 Å². The summed E-state index contributed by atoms with van der Waals surface area (Å²) in [7, 11) is 0. The molecular formula is C24H20F3N3O2S. The number of amides is 2. The number of carbonyl (C=O) groups is 1. The number of urea groups is 1. The van der Waals surface area contributed by atoms with Gasteiger partial charge in [0, 0.05) is 5.69 Å². The van der Waals surface area contributed by atoms with Gasteiger partial charge < -0.3 is 4.74 Å². The zero-order valence-electron chi connectivity index (χ0n) is 17.4. The molecule has 1 aliphatic rings. The summed E-state index contributed by atoms with van der Waals surface area (Å²) in [5.41, 5.74) is 1.40. The zero-order valence-corrected chi connectivity index (χ0v) is 18.2. The number of hydrogen-bond donors (Lipinski definition) is 0. The standard InChI is InChI=1S/C24H20F3N3O2S/c25-24(26,27)16-28-22-29(23(31)30(17-33-22)19-7-3-1-4-8-19)15-18-11-13-21(14-12-18)32-20-9-5-2-6-10-20/h1-14H,15-17H2. The first-order valence-corrected chi connectivity index (χ1v) is 11.1. The Bertz CT molecular complexity index is 1110. The average Bonchev–Trinajstić information content (AvgIpc) is 2.81. The molecule has 4 rings (SSSR count). The van der Waals surface area contributed by atoms with Crippen LogP contribution < -0.4 is 9.64 Å². The third-order valence-corrected chi connectivity index (χ3v) is 5.71. The second-order valence-electron chi connectivity index (χ2n) is 7.18. The molecule has 3 aromatic carbocycles. The van der Waals surface area contributed by atoms with E-state index in [0.717, 1.165) is 17.3 Å². The van der Waals surface area contributed by atoms with Crippen molar-refractivity contribution in [3.8, 4) is 11.5 Å². The third-order valence-electron chi connectivity index (χ3n) is 4.72. The highest BCUT2D eigenvalue weighted by molar-refractivity contribution is 8.14. The number of ether oxygens (including phenoxy) is 1. The van der Waals surface area contributed by atoms with Crippen molar-refractivity contribution in [2.45, 2.75) is 12.7 Å². The summed E-state index contributed by atoms with van der Waals surface area (Å²) in [6.07, 6.45) is -4.45. The van der Waals surface area contributed by atoms with Gasteiger partial charge in [0.05, 0.1) is 12.4 Å². The molecule has 0 unspecified atom stereocenters. The van der Waals surface area contributed by atoms with Crippen LogP contribution in [0, 0.1) is 0 Å². The Morgan fingerprint density at radius 3 is 2.12 bits per heavy atom. The van der Waals surface area contributed by atoms with Crippen molar-refractivity contribution in [1.82, 2.24) is 4.90 Å². The fourth-order valence-corrected chi connectivity index (χ4v) is 4.13. The number of thioether (sulfide) groups is 1. The van der Waals surface area contributed by atoms with Crippen LogP contribution in [0.2, 0.25) is 0 Å². The predicted molar refractivity (Wildman–Crippen MR) is 124 cm³/mol. The van der Waals surface area contributed by atoms with E-state index in [4.69, 9.17) is 4.74 Å². The van der Waals surface area contributed by atoms with Gasteiger partial charge in [0.2, 0.25) is 0 Å². The Morgan fingerprint density at radius 2 is 1.48 bits per heavy atom. The predicted octanol–water partition coefficient (Wildman–Crippen LogP) is 6.53. The van der Waals surface area contributed by atoms with Gasteiger partial charge in [0.15, 0.2) is 5.17 Å². The van der Waals surface area contributed by atoms with E-state index in [0.29, 0.717) is 17.2 Å². The van der Waals surface area contributed by atoms with Crippen LogP contribution in [0.1, 0.15) is 5.56 Å². The summed E-state index contributed by atoms with van der Waals surface area (Å²) in [6, 6.07) is 24.9. The van der Waals surface area contributed by atoms with Gasteiger partial charge >= 0.3 is 12.2 Å². The number of carbonyl (C=O) groups excluding carboxylic acids is 1. The topological polar surface area (TPSA) is 45.1 Å². The maximum absolute atomic E-state index is 13.2. The van der Waals surface area contributed by atoms with Gasteiger partial charge in [-0.3, -0.25) is 14.8 Å². The van der Waals surface area contributed by atoms with Crippen molar-refractivity contribution in [3.63, 3.8) is 0 Å². The van der Waals surface area contributed by atoms with Crippen molar-refractivity contribution in [2.75, 3.05) is 17.3 Å². The number of amidine groups is 1. The van der Waals surface area contributed by atoms with Crippen LogP contribution >= 0.6 is 11.8 Å². The molecule has 2 amide bonds. The minimum atomic E-state index is -4.45. The Labute approximate surface area is 193 Å². The molecule has 5 nitrogen and oxygen atoms in total. The van der Waals surface area contributed by atoms with Gasteiger partial charge in [0.1, 0.15) is 18.0 Å². The molecule has 0 radical (unpaired) electrons. The van der Waals surface area contributed by atoms with Gasteiger partial charge in [-0.2, -0.15) is 13.2 Å². The van der Waals surface area contributed by atoms with E-state index in [2.05, 4.69) is 4.99 Å². The monoisotopic (exact) mass is 471 g/mol. The van der Waals surface area contributed by atoms with Crippen molar-refractivity contribution in [3.05, 3.63) is 90.5 Å². The molecule has 0 N–H and O–H groups in total. The molecule has 1 fully saturated rings.